The Morgan fingerprint density at radius 1 is 1.19 bits per heavy atom. The third-order valence-electron chi connectivity index (χ3n) is 4.42. The van der Waals surface area contributed by atoms with Crippen LogP contribution < -0.4 is 14.8 Å². The van der Waals surface area contributed by atoms with Gasteiger partial charge in [0.1, 0.15) is 13.2 Å². The fraction of sp³-hybridized carbons (Fsp3) is 0.316. The molecule has 0 saturated carbocycles. The van der Waals surface area contributed by atoms with Crippen molar-refractivity contribution in [2.75, 3.05) is 25.6 Å². The molecule has 0 aliphatic carbocycles. The molecule has 0 fully saturated rings. The van der Waals surface area contributed by atoms with Crippen molar-refractivity contribution in [3.8, 4) is 11.5 Å². The van der Waals surface area contributed by atoms with Gasteiger partial charge in [-0.05, 0) is 43.8 Å². The number of anilines is 1. The first-order chi connectivity index (χ1) is 12.9. The van der Waals surface area contributed by atoms with Gasteiger partial charge in [0.05, 0.1) is 11.0 Å². The second-order valence-corrected chi connectivity index (χ2v) is 6.36. The van der Waals surface area contributed by atoms with E-state index in [2.05, 4.69) is 5.32 Å². The minimum absolute atomic E-state index is 0.0169. The Kier molecular flexibility index (Phi) is 5.56. The molecule has 1 unspecified atom stereocenters. The summed E-state index contributed by atoms with van der Waals surface area (Å²) in [6, 6.07) is 11.1. The molecule has 3 rings (SSSR count). The first-order valence-corrected chi connectivity index (χ1v) is 8.58. The van der Waals surface area contributed by atoms with E-state index in [-0.39, 0.29) is 11.6 Å². The van der Waals surface area contributed by atoms with E-state index in [1.165, 1.54) is 24.3 Å². The van der Waals surface area contributed by atoms with E-state index in [0.29, 0.717) is 25.4 Å². The SMILES string of the molecule is CC(C(=O)Nc1ccc([N+](=O)[O-])cc1)N(C)Cc1ccc2c(c1)OCCO2. The number of hydrogen-bond donors (Lipinski definition) is 1. The molecule has 0 saturated heterocycles. The Hall–Kier alpha value is -3.13. The van der Waals surface area contributed by atoms with Gasteiger partial charge in [-0.25, -0.2) is 0 Å². The van der Waals surface area contributed by atoms with Gasteiger partial charge >= 0.3 is 0 Å². The Labute approximate surface area is 156 Å². The van der Waals surface area contributed by atoms with Crippen molar-refractivity contribution in [3.63, 3.8) is 0 Å². The molecule has 0 bridgehead atoms. The van der Waals surface area contributed by atoms with E-state index < -0.39 is 11.0 Å². The van der Waals surface area contributed by atoms with E-state index in [1.54, 1.807) is 6.92 Å². The van der Waals surface area contributed by atoms with Crippen molar-refractivity contribution in [1.82, 2.24) is 4.90 Å². The third kappa shape index (κ3) is 4.53. The molecule has 1 amide bonds. The summed E-state index contributed by atoms with van der Waals surface area (Å²) < 4.78 is 11.1. The number of nitrogens with zero attached hydrogens (tertiary/aromatic N) is 2. The molecule has 8 heteroatoms. The molecule has 142 valence electrons. The fourth-order valence-electron chi connectivity index (χ4n) is 2.72. The van der Waals surface area contributed by atoms with Gasteiger partial charge in [-0.1, -0.05) is 6.07 Å². The van der Waals surface area contributed by atoms with Gasteiger partial charge in [0, 0.05) is 24.4 Å². The lowest BCUT2D eigenvalue weighted by Gasteiger charge is -2.25. The van der Waals surface area contributed by atoms with Crippen molar-refractivity contribution < 1.29 is 19.2 Å². The highest BCUT2D eigenvalue weighted by atomic mass is 16.6. The molecule has 1 N–H and O–H groups in total. The van der Waals surface area contributed by atoms with Crippen LogP contribution in [0.4, 0.5) is 11.4 Å². The number of amides is 1. The first-order valence-electron chi connectivity index (χ1n) is 8.58. The maximum absolute atomic E-state index is 12.5. The highest BCUT2D eigenvalue weighted by Crippen LogP contribution is 2.31. The zero-order chi connectivity index (χ0) is 19.4. The van der Waals surface area contributed by atoms with Gasteiger partial charge in [-0.2, -0.15) is 0 Å². The predicted molar refractivity (Wildman–Crippen MR) is 100 cm³/mol. The van der Waals surface area contributed by atoms with Crippen LogP contribution in [-0.4, -0.2) is 42.0 Å². The molecule has 0 aromatic heterocycles. The van der Waals surface area contributed by atoms with Crippen LogP contribution in [0.2, 0.25) is 0 Å². The summed E-state index contributed by atoms with van der Waals surface area (Å²) in [6.45, 7) is 3.44. The minimum Gasteiger partial charge on any atom is -0.486 e. The molecule has 8 nitrogen and oxygen atoms in total. The van der Waals surface area contributed by atoms with E-state index in [9.17, 15) is 14.9 Å². The Balaban J connectivity index is 1.60. The summed E-state index contributed by atoms with van der Waals surface area (Å²) >= 11 is 0. The highest BCUT2D eigenvalue weighted by Gasteiger charge is 2.20. The van der Waals surface area contributed by atoms with Crippen molar-refractivity contribution >= 4 is 17.3 Å². The maximum Gasteiger partial charge on any atom is 0.269 e. The molecule has 1 heterocycles. The minimum atomic E-state index is -0.477. The predicted octanol–water partition coefficient (Wildman–Crippen LogP) is 2.83. The van der Waals surface area contributed by atoms with E-state index in [0.717, 1.165) is 17.1 Å². The van der Waals surface area contributed by atoms with Gasteiger partial charge in [0.15, 0.2) is 11.5 Å². The smallest absolute Gasteiger partial charge is 0.269 e. The van der Waals surface area contributed by atoms with Crippen molar-refractivity contribution in [2.24, 2.45) is 0 Å². The number of likely N-dealkylation sites (N-methyl/N-ethyl adjacent to an activating group) is 1. The van der Waals surface area contributed by atoms with E-state index >= 15 is 0 Å². The summed E-state index contributed by atoms with van der Waals surface area (Å²) in [5.74, 6) is 1.26. The number of benzene rings is 2. The quantitative estimate of drug-likeness (QED) is 0.620. The second kappa shape index (κ2) is 8.05. The number of rotatable bonds is 6. The van der Waals surface area contributed by atoms with Crippen LogP contribution in [0.1, 0.15) is 12.5 Å². The lowest BCUT2D eigenvalue weighted by Crippen LogP contribution is -2.39. The molecule has 0 spiro atoms. The molecule has 0 radical (unpaired) electrons. The zero-order valence-corrected chi connectivity index (χ0v) is 15.2. The van der Waals surface area contributed by atoms with Crippen molar-refractivity contribution in [1.29, 1.82) is 0 Å². The van der Waals surface area contributed by atoms with Crippen molar-refractivity contribution in [3.05, 3.63) is 58.1 Å². The number of nitrogens with one attached hydrogen (secondary N) is 1. The van der Waals surface area contributed by atoms with Crippen LogP contribution in [0.25, 0.3) is 0 Å². The van der Waals surface area contributed by atoms with Crippen LogP contribution in [0.5, 0.6) is 11.5 Å². The molecular weight excluding hydrogens is 350 g/mol. The lowest BCUT2D eigenvalue weighted by molar-refractivity contribution is -0.384. The average Bonchev–Trinajstić information content (AvgIpc) is 2.67. The summed E-state index contributed by atoms with van der Waals surface area (Å²) in [6.07, 6.45) is 0. The van der Waals surface area contributed by atoms with Gasteiger partial charge in [0.25, 0.3) is 5.69 Å². The van der Waals surface area contributed by atoms with Gasteiger partial charge < -0.3 is 14.8 Å². The fourth-order valence-corrected chi connectivity index (χ4v) is 2.72. The van der Waals surface area contributed by atoms with Crippen LogP contribution in [0, 0.1) is 10.1 Å². The number of hydrogen-bond acceptors (Lipinski definition) is 6. The Morgan fingerprint density at radius 2 is 1.85 bits per heavy atom. The molecular formula is C19H21N3O5. The van der Waals surface area contributed by atoms with Crippen LogP contribution in [0.3, 0.4) is 0 Å². The van der Waals surface area contributed by atoms with Gasteiger partial charge in [-0.3, -0.25) is 19.8 Å². The molecule has 1 aliphatic rings. The molecule has 2 aromatic rings. The molecule has 1 atom stereocenters. The van der Waals surface area contributed by atoms with Gasteiger partial charge in [-0.15, -0.1) is 0 Å². The van der Waals surface area contributed by atoms with E-state index in [4.69, 9.17) is 9.47 Å². The topological polar surface area (TPSA) is 93.9 Å². The van der Waals surface area contributed by atoms with Gasteiger partial charge in [0.2, 0.25) is 5.91 Å². The maximum atomic E-state index is 12.5. The largest absolute Gasteiger partial charge is 0.486 e. The molecule has 2 aromatic carbocycles. The normalized spacial score (nSPS) is 13.9. The highest BCUT2D eigenvalue weighted by molar-refractivity contribution is 5.94. The summed E-state index contributed by atoms with van der Waals surface area (Å²) in [7, 11) is 1.86. The Morgan fingerprint density at radius 3 is 2.52 bits per heavy atom. The lowest BCUT2D eigenvalue weighted by atomic mass is 10.1. The number of ether oxygens (including phenoxy) is 2. The van der Waals surface area contributed by atoms with Crippen LogP contribution in [0.15, 0.2) is 42.5 Å². The summed E-state index contributed by atoms with van der Waals surface area (Å²) in [5.41, 5.74) is 1.51. The van der Waals surface area contributed by atoms with Crippen LogP contribution in [-0.2, 0) is 11.3 Å². The van der Waals surface area contributed by atoms with Crippen LogP contribution >= 0.6 is 0 Å². The summed E-state index contributed by atoms with van der Waals surface area (Å²) in [5, 5.41) is 13.5. The Bertz CT molecular complexity index is 838. The van der Waals surface area contributed by atoms with E-state index in [1.807, 2.05) is 30.1 Å². The zero-order valence-electron chi connectivity index (χ0n) is 15.2. The van der Waals surface area contributed by atoms with Crippen molar-refractivity contribution in [2.45, 2.75) is 19.5 Å². The number of carbonyl (C=O) groups is 1. The first kappa shape index (κ1) is 18.7. The third-order valence-corrected chi connectivity index (χ3v) is 4.42. The number of non-ortho nitro benzene ring substituents is 1. The average molecular weight is 371 g/mol. The molecule has 1 aliphatic heterocycles. The number of nitro groups is 1. The number of carbonyl (C=O) groups excluding carboxylic acids is 1. The standard InChI is InChI=1S/C19H21N3O5/c1-13(19(23)20-15-4-6-16(7-5-15)22(24)25)21(2)12-14-3-8-17-18(11-14)27-10-9-26-17/h3-8,11,13H,9-10,12H2,1-2H3,(H,20,23). The molecule has 27 heavy (non-hydrogen) atoms. The monoisotopic (exact) mass is 371 g/mol. The number of fused-ring (bicyclic) bond motifs is 1. The summed E-state index contributed by atoms with van der Waals surface area (Å²) in [4.78, 5) is 24.6. The second-order valence-electron chi connectivity index (χ2n) is 6.36. The number of nitro benzene ring substituents is 1.